The minimum atomic E-state index is -1.27. The Hall–Kier alpha value is -2.41. The van der Waals surface area contributed by atoms with Crippen LogP contribution in [0.25, 0.3) is 10.9 Å². The number of aromatic nitrogens is 1. The van der Waals surface area contributed by atoms with Crippen molar-refractivity contribution in [3.63, 3.8) is 0 Å². The molecular weight excluding hydrogens is 349 g/mol. The van der Waals surface area contributed by atoms with Crippen LogP contribution in [-0.4, -0.2) is 52.8 Å². The molecular formula is C20H22FN3O3. The Bertz CT molecular complexity index is 1010. The first-order chi connectivity index (χ1) is 12.9. The number of hydrogen-bond donors (Lipinski definition) is 1. The molecule has 1 aromatic carbocycles. The fraction of sp³-hybridized carbons (Fsp3) is 0.500. The van der Waals surface area contributed by atoms with Gasteiger partial charge in [0.25, 0.3) is 0 Å². The van der Waals surface area contributed by atoms with E-state index in [9.17, 15) is 14.7 Å². The Labute approximate surface area is 155 Å². The summed E-state index contributed by atoms with van der Waals surface area (Å²) in [5.41, 5.74) is 0.265. The van der Waals surface area contributed by atoms with Gasteiger partial charge in [-0.1, -0.05) is 0 Å². The van der Waals surface area contributed by atoms with Crippen LogP contribution in [-0.2, 0) is 0 Å². The third-order valence-corrected chi connectivity index (χ3v) is 6.38. The van der Waals surface area contributed by atoms with E-state index >= 15 is 4.39 Å². The number of carboxylic acid groups (broad SMARTS) is 1. The van der Waals surface area contributed by atoms with Crippen LogP contribution in [0.5, 0.6) is 0 Å². The van der Waals surface area contributed by atoms with Gasteiger partial charge < -0.3 is 14.6 Å². The van der Waals surface area contributed by atoms with Crippen molar-refractivity contribution >= 4 is 22.6 Å². The number of fused-ring (bicyclic) bond motifs is 4. The number of carbonyl (C=O) groups is 1. The largest absolute Gasteiger partial charge is 0.477 e. The van der Waals surface area contributed by atoms with E-state index in [1.54, 1.807) is 6.07 Å². The molecule has 0 amide bonds. The molecule has 4 heterocycles. The highest BCUT2D eigenvalue weighted by Crippen LogP contribution is 2.39. The minimum Gasteiger partial charge on any atom is -0.477 e. The number of anilines is 1. The number of benzene rings is 1. The van der Waals surface area contributed by atoms with Crippen molar-refractivity contribution < 1.29 is 14.3 Å². The van der Waals surface area contributed by atoms with Crippen LogP contribution < -0.4 is 10.3 Å². The molecule has 2 bridgehead atoms. The fourth-order valence-electron chi connectivity index (χ4n) is 4.72. The van der Waals surface area contributed by atoms with E-state index in [1.165, 1.54) is 12.3 Å². The van der Waals surface area contributed by atoms with Crippen LogP contribution in [0.1, 0.15) is 42.1 Å². The molecule has 0 radical (unpaired) electrons. The summed E-state index contributed by atoms with van der Waals surface area (Å²) in [4.78, 5) is 28.5. The molecule has 0 spiro atoms. The van der Waals surface area contributed by atoms with Crippen molar-refractivity contribution in [1.82, 2.24) is 9.47 Å². The van der Waals surface area contributed by atoms with Gasteiger partial charge in [-0.15, -0.1) is 0 Å². The Morgan fingerprint density at radius 3 is 2.41 bits per heavy atom. The van der Waals surface area contributed by atoms with E-state index in [4.69, 9.17) is 0 Å². The zero-order chi connectivity index (χ0) is 18.9. The molecule has 3 aliphatic heterocycles. The number of pyridine rings is 1. The van der Waals surface area contributed by atoms with Crippen molar-refractivity contribution in [3.8, 4) is 0 Å². The van der Waals surface area contributed by atoms with Gasteiger partial charge in [-0.25, -0.2) is 9.18 Å². The van der Waals surface area contributed by atoms with Gasteiger partial charge in [0.2, 0.25) is 5.43 Å². The summed E-state index contributed by atoms with van der Waals surface area (Å²) in [6, 6.07) is 3.88. The summed E-state index contributed by atoms with van der Waals surface area (Å²) in [5.74, 6) is -1.71. The number of likely N-dealkylation sites (N-methyl/N-ethyl adjacent to an activating group) is 1. The number of aromatic carboxylic acids is 1. The molecule has 7 heteroatoms. The number of hydrogen-bond acceptors (Lipinski definition) is 4. The molecule has 6 rings (SSSR count). The molecule has 1 saturated carbocycles. The van der Waals surface area contributed by atoms with Gasteiger partial charge in [0.05, 0.1) is 11.2 Å². The predicted octanol–water partition coefficient (Wildman–Crippen LogP) is 2.46. The van der Waals surface area contributed by atoms with E-state index in [1.807, 2.05) is 4.57 Å². The molecule has 1 N–H and O–H groups in total. The first-order valence-electron chi connectivity index (χ1n) is 9.52. The number of nitrogens with zero attached hydrogens (tertiary/aromatic N) is 3. The second kappa shape index (κ2) is 5.79. The lowest BCUT2D eigenvalue weighted by molar-refractivity contribution is 0.0695. The van der Waals surface area contributed by atoms with Crippen molar-refractivity contribution in [2.24, 2.45) is 0 Å². The fourth-order valence-corrected chi connectivity index (χ4v) is 4.72. The molecule has 2 atom stereocenters. The highest BCUT2D eigenvalue weighted by atomic mass is 19.1. The van der Waals surface area contributed by atoms with E-state index in [-0.39, 0.29) is 23.0 Å². The number of piperidine rings is 2. The van der Waals surface area contributed by atoms with Gasteiger partial charge in [0.1, 0.15) is 11.4 Å². The molecule has 27 heavy (non-hydrogen) atoms. The molecule has 3 saturated heterocycles. The number of halogens is 1. The Morgan fingerprint density at radius 2 is 1.81 bits per heavy atom. The standard InChI is InChI=1S/C20H22FN3O3/c1-22-8-13-5-4-12(22)9-23(13)18-7-17-14(6-16(18)21)19(25)15(20(26)27)10-24(17)11-2-3-11/h6-7,10-13H,2-5,8-9H2,1H3,(H,26,27)/t12-,13+/m0/s1. The summed E-state index contributed by atoms with van der Waals surface area (Å²) in [6.45, 7) is 1.69. The first kappa shape index (κ1) is 16.7. The third kappa shape index (κ3) is 2.56. The van der Waals surface area contributed by atoms with Crippen LogP contribution in [0.4, 0.5) is 10.1 Å². The maximum atomic E-state index is 15.0. The first-order valence-corrected chi connectivity index (χ1v) is 9.52. The van der Waals surface area contributed by atoms with E-state index in [0.717, 1.165) is 38.8 Å². The van der Waals surface area contributed by atoms with Crippen LogP contribution in [0.3, 0.4) is 0 Å². The smallest absolute Gasteiger partial charge is 0.341 e. The van der Waals surface area contributed by atoms with Gasteiger partial charge in [-0.05, 0) is 44.9 Å². The second-order valence-electron chi connectivity index (χ2n) is 8.11. The summed E-state index contributed by atoms with van der Waals surface area (Å²) in [6.07, 6.45) is 5.50. The van der Waals surface area contributed by atoms with Gasteiger partial charge >= 0.3 is 5.97 Å². The second-order valence-corrected chi connectivity index (χ2v) is 8.11. The lowest BCUT2D eigenvalue weighted by Crippen LogP contribution is -2.61. The molecule has 1 aliphatic carbocycles. The summed E-state index contributed by atoms with van der Waals surface area (Å²) < 4.78 is 16.9. The SMILES string of the molecule is CN1C[C@H]2CC[C@H]1CN2c1cc2c(cc1F)c(=O)c(C(=O)O)cn2C1CC1. The van der Waals surface area contributed by atoms with Crippen LogP contribution in [0, 0.1) is 5.82 Å². The maximum Gasteiger partial charge on any atom is 0.341 e. The normalized spacial score (nSPS) is 25.3. The lowest BCUT2D eigenvalue weighted by atomic mass is 9.90. The zero-order valence-electron chi connectivity index (χ0n) is 15.2. The lowest BCUT2D eigenvalue weighted by Gasteiger charge is -2.51. The molecule has 2 aromatic rings. The van der Waals surface area contributed by atoms with Gasteiger partial charge in [0.15, 0.2) is 0 Å². The highest BCUT2D eigenvalue weighted by molar-refractivity contribution is 5.93. The van der Waals surface area contributed by atoms with Crippen molar-refractivity contribution in [3.05, 3.63) is 39.9 Å². The Morgan fingerprint density at radius 1 is 1.11 bits per heavy atom. The van der Waals surface area contributed by atoms with Gasteiger partial charge in [0, 0.05) is 42.8 Å². The number of rotatable bonds is 3. The topological polar surface area (TPSA) is 65.8 Å². The van der Waals surface area contributed by atoms with Crippen LogP contribution in [0.2, 0.25) is 0 Å². The van der Waals surface area contributed by atoms with E-state index < -0.39 is 17.2 Å². The average molecular weight is 371 g/mol. The quantitative estimate of drug-likeness (QED) is 0.898. The zero-order valence-corrected chi connectivity index (χ0v) is 15.2. The molecule has 4 fully saturated rings. The van der Waals surface area contributed by atoms with Crippen LogP contribution in [0.15, 0.2) is 23.1 Å². The minimum absolute atomic E-state index is 0.155. The third-order valence-electron chi connectivity index (χ3n) is 6.38. The van der Waals surface area contributed by atoms with Crippen molar-refractivity contribution in [2.45, 2.75) is 43.8 Å². The van der Waals surface area contributed by atoms with Crippen molar-refractivity contribution in [1.29, 1.82) is 0 Å². The highest BCUT2D eigenvalue weighted by Gasteiger charge is 2.38. The predicted molar refractivity (Wildman–Crippen MR) is 100 cm³/mol. The Balaban J connectivity index is 1.69. The molecule has 142 valence electrons. The number of carboxylic acids is 1. The molecule has 6 nitrogen and oxygen atoms in total. The maximum absolute atomic E-state index is 15.0. The average Bonchev–Trinajstić information content (AvgIpc) is 3.47. The number of piperazine rings is 1. The summed E-state index contributed by atoms with van der Waals surface area (Å²) >= 11 is 0. The molecule has 1 aromatic heterocycles. The van der Waals surface area contributed by atoms with E-state index in [2.05, 4.69) is 16.8 Å². The van der Waals surface area contributed by atoms with Crippen LogP contribution >= 0.6 is 0 Å². The monoisotopic (exact) mass is 371 g/mol. The summed E-state index contributed by atoms with van der Waals surface area (Å²) in [5, 5.41) is 9.51. The Kier molecular flexibility index (Phi) is 3.59. The van der Waals surface area contributed by atoms with Gasteiger partial charge in [-0.3, -0.25) is 9.69 Å². The summed E-state index contributed by atoms with van der Waals surface area (Å²) in [7, 11) is 2.11. The van der Waals surface area contributed by atoms with Crippen molar-refractivity contribution in [2.75, 3.05) is 25.0 Å². The van der Waals surface area contributed by atoms with E-state index in [0.29, 0.717) is 17.2 Å². The van der Waals surface area contributed by atoms with Gasteiger partial charge in [-0.2, -0.15) is 0 Å². The molecule has 4 aliphatic rings. The molecule has 0 unspecified atom stereocenters.